The molecule has 0 unspecified atom stereocenters. The van der Waals surface area contributed by atoms with Crippen molar-refractivity contribution in [2.45, 2.75) is 20.8 Å². The number of ether oxygens (including phenoxy) is 1. The average molecular weight is 430 g/mol. The summed E-state index contributed by atoms with van der Waals surface area (Å²) in [5.74, 6) is 0.349. The van der Waals surface area contributed by atoms with Crippen molar-refractivity contribution in [3.63, 3.8) is 0 Å². The average Bonchev–Trinajstić information content (AvgIpc) is 2.40. The first-order valence-corrected chi connectivity index (χ1v) is 8.28. The maximum Gasteiger partial charge on any atom is 0.262 e. The van der Waals surface area contributed by atoms with Gasteiger partial charge in [-0.15, -0.1) is 0 Å². The van der Waals surface area contributed by atoms with Crippen molar-refractivity contribution in [2.75, 3.05) is 11.9 Å². The van der Waals surface area contributed by atoms with Gasteiger partial charge in [-0.25, -0.2) is 0 Å². The van der Waals surface area contributed by atoms with Crippen LogP contribution in [0.2, 0.25) is 5.02 Å². The minimum atomic E-state index is -0.208. The van der Waals surface area contributed by atoms with Crippen molar-refractivity contribution in [1.29, 1.82) is 0 Å². The van der Waals surface area contributed by atoms with E-state index in [4.69, 9.17) is 16.3 Å². The van der Waals surface area contributed by atoms with Gasteiger partial charge >= 0.3 is 0 Å². The van der Waals surface area contributed by atoms with Gasteiger partial charge in [0.2, 0.25) is 0 Å². The van der Waals surface area contributed by atoms with Crippen molar-refractivity contribution >= 4 is 45.8 Å². The first-order chi connectivity index (χ1) is 10.4. The molecule has 2 aromatic rings. The molecule has 0 saturated carbocycles. The van der Waals surface area contributed by atoms with Crippen LogP contribution >= 0.6 is 34.2 Å². The van der Waals surface area contributed by atoms with Gasteiger partial charge in [0, 0.05) is 9.26 Å². The van der Waals surface area contributed by atoms with E-state index < -0.39 is 0 Å². The SMILES string of the molecule is Cc1cc(C)c(OCC(=O)Nc2ccc(I)cc2C)c(Cl)c1. The Kier molecular flexibility index (Phi) is 5.69. The zero-order chi connectivity index (χ0) is 16.3. The van der Waals surface area contributed by atoms with Crippen LogP contribution in [0.3, 0.4) is 0 Å². The van der Waals surface area contributed by atoms with E-state index in [0.29, 0.717) is 10.8 Å². The van der Waals surface area contributed by atoms with E-state index in [9.17, 15) is 4.79 Å². The largest absolute Gasteiger partial charge is 0.482 e. The van der Waals surface area contributed by atoms with Crippen molar-refractivity contribution in [3.05, 3.63) is 55.6 Å². The second-order valence-electron chi connectivity index (χ2n) is 5.19. The highest BCUT2D eigenvalue weighted by molar-refractivity contribution is 14.1. The van der Waals surface area contributed by atoms with Crippen LogP contribution in [0.5, 0.6) is 5.75 Å². The maximum atomic E-state index is 12.0. The lowest BCUT2D eigenvalue weighted by molar-refractivity contribution is -0.118. The number of aryl methyl sites for hydroxylation is 3. The molecule has 5 heteroatoms. The highest BCUT2D eigenvalue weighted by Crippen LogP contribution is 2.29. The second-order valence-corrected chi connectivity index (χ2v) is 6.84. The molecule has 116 valence electrons. The monoisotopic (exact) mass is 429 g/mol. The topological polar surface area (TPSA) is 38.3 Å². The van der Waals surface area contributed by atoms with E-state index in [-0.39, 0.29) is 12.5 Å². The molecule has 0 radical (unpaired) electrons. The van der Waals surface area contributed by atoms with Crippen LogP contribution in [0.1, 0.15) is 16.7 Å². The number of amides is 1. The fourth-order valence-electron chi connectivity index (χ4n) is 2.18. The lowest BCUT2D eigenvalue weighted by Crippen LogP contribution is -2.21. The summed E-state index contributed by atoms with van der Waals surface area (Å²) in [6.45, 7) is 5.76. The Morgan fingerprint density at radius 2 is 1.91 bits per heavy atom. The molecule has 0 bridgehead atoms. The van der Waals surface area contributed by atoms with Gasteiger partial charge in [0.05, 0.1) is 5.02 Å². The third kappa shape index (κ3) is 4.36. The van der Waals surface area contributed by atoms with E-state index in [0.717, 1.165) is 25.9 Å². The Balaban J connectivity index is 2.02. The smallest absolute Gasteiger partial charge is 0.262 e. The van der Waals surface area contributed by atoms with Gasteiger partial charge in [-0.2, -0.15) is 0 Å². The molecule has 1 amide bonds. The summed E-state index contributed by atoms with van der Waals surface area (Å²) < 4.78 is 6.71. The summed E-state index contributed by atoms with van der Waals surface area (Å²) in [6, 6.07) is 9.65. The summed E-state index contributed by atoms with van der Waals surface area (Å²) in [5, 5.41) is 3.37. The van der Waals surface area contributed by atoms with Crippen LogP contribution in [0.4, 0.5) is 5.69 Å². The predicted molar refractivity (Wildman–Crippen MR) is 98.9 cm³/mol. The summed E-state index contributed by atoms with van der Waals surface area (Å²) in [5.41, 5.74) is 3.79. The number of carbonyl (C=O) groups excluding carboxylic acids is 1. The fourth-order valence-corrected chi connectivity index (χ4v) is 3.20. The lowest BCUT2D eigenvalue weighted by atomic mass is 10.1. The number of anilines is 1. The van der Waals surface area contributed by atoms with Crippen molar-refractivity contribution in [2.24, 2.45) is 0 Å². The van der Waals surface area contributed by atoms with Gasteiger partial charge in [-0.05, 0) is 84.3 Å². The minimum absolute atomic E-state index is 0.0744. The van der Waals surface area contributed by atoms with E-state index in [1.54, 1.807) is 0 Å². The molecule has 0 aliphatic heterocycles. The fraction of sp³-hybridized carbons (Fsp3) is 0.235. The normalized spacial score (nSPS) is 10.4. The summed E-state index contributed by atoms with van der Waals surface area (Å²) in [7, 11) is 0. The number of nitrogens with one attached hydrogen (secondary N) is 1. The molecule has 22 heavy (non-hydrogen) atoms. The minimum Gasteiger partial charge on any atom is -0.482 e. The molecule has 0 heterocycles. The van der Waals surface area contributed by atoms with E-state index >= 15 is 0 Å². The van der Waals surface area contributed by atoms with Gasteiger partial charge in [0.25, 0.3) is 5.91 Å². The van der Waals surface area contributed by atoms with E-state index in [2.05, 4.69) is 27.9 Å². The molecule has 0 aliphatic carbocycles. The van der Waals surface area contributed by atoms with Gasteiger partial charge < -0.3 is 10.1 Å². The Hall–Kier alpha value is -1.27. The highest BCUT2D eigenvalue weighted by Gasteiger charge is 2.10. The predicted octanol–water partition coefficient (Wildman–Crippen LogP) is 4.89. The van der Waals surface area contributed by atoms with Crippen LogP contribution in [-0.4, -0.2) is 12.5 Å². The first kappa shape index (κ1) is 17.1. The standard InChI is InChI=1S/C17H17ClINO2/c1-10-6-12(3)17(14(18)7-10)22-9-16(21)20-15-5-4-13(19)8-11(15)2/h4-8H,9H2,1-3H3,(H,20,21). The Labute approximate surface area is 149 Å². The van der Waals surface area contributed by atoms with Gasteiger partial charge in [-0.1, -0.05) is 17.7 Å². The summed E-state index contributed by atoms with van der Waals surface area (Å²) in [6.07, 6.45) is 0. The summed E-state index contributed by atoms with van der Waals surface area (Å²) >= 11 is 8.40. The van der Waals surface area contributed by atoms with Crippen molar-refractivity contribution in [3.8, 4) is 5.75 Å². The highest BCUT2D eigenvalue weighted by atomic mass is 127. The van der Waals surface area contributed by atoms with Crippen LogP contribution in [-0.2, 0) is 4.79 Å². The van der Waals surface area contributed by atoms with Crippen molar-refractivity contribution < 1.29 is 9.53 Å². The molecule has 0 spiro atoms. The Morgan fingerprint density at radius 1 is 1.18 bits per heavy atom. The molecule has 0 atom stereocenters. The number of carbonyl (C=O) groups is 1. The van der Waals surface area contributed by atoms with Crippen molar-refractivity contribution in [1.82, 2.24) is 0 Å². The van der Waals surface area contributed by atoms with E-state index in [1.807, 2.05) is 51.1 Å². The number of halogens is 2. The van der Waals surface area contributed by atoms with Crippen LogP contribution in [0, 0.1) is 24.3 Å². The quantitative estimate of drug-likeness (QED) is 0.703. The van der Waals surface area contributed by atoms with Crippen LogP contribution in [0.15, 0.2) is 30.3 Å². The molecule has 1 N–H and O–H groups in total. The number of rotatable bonds is 4. The zero-order valence-corrected chi connectivity index (χ0v) is 15.6. The molecular weight excluding hydrogens is 413 g/mol. The number of hydrogen-bond donors (Lipinski definition) is 1. The van der Waals surface area contributed by atoms with E-state index in [1.165, 1.54) is 0 Å². The van der Waals surface area contributed by atoms with Gasteiger partial charge in [0.15, 0.2) is 6.61 Å². The van der Waals surface area contributed by atoms with Crippen LogP contribution in [0.25, 0.3) is 0 Å². The number of hydrogen-bond acceptors (Lipinski definition) is 2. The third-order valence-corrected chi connectivity index (χ3v) is 4.14. The van der Waals surface area contributed by atoms with Gasteiger partial charge in [0.1, 0.15) is 5.75 Å². The number of benzene rings is 2. The molecule has 0 aromatic heterocycles. The molecule has 0 saturated heterocycles. The zero-order valence-electron chi connectivity index (χ0n) is 12.7. The molecule has 0 aliphatic rings. The molecule has 3 nitrogen and oxygen atoms in total. The maximum absolute atomic E-state index is 12.0. The Bertz CT molecular complexity index is 693. The Morgan fingerprint density at radius 3 is 2.55 bits per heavy atom. The van der Waals surface area contributed by atoms with Crippen LogP contribution < -0.4 is 10.1 Å². The first-order valence-electron chi connectivity index (χ1n) is 6.82. The molecule has 2 rings (SSSR count). The van der Waals surface area contributed by atoms with Gasteiger partial charge in [-0.3, -0.25) is 4.79 Å². The second kappa shape index (κ2) is 7.33. The molecule has 0 fully saturated rings. The molecule has 2 aromatic carbocycles. The molecular formula is C17H17ClINO2. The third-order valence-electron chi connectivity index (χ3n) is 3.18. The lowest BCUT2D eigenvalue weighted by Gasteiger charge is -2.13. The summed E-state index contributed by atoms with van der Waals surface area (Å²) in [4.78, 5) is 12.0.